The van der Waals surface area contributed by atoms with Crippen molar-refractivity contribution in [2.75, 3.05) is 26.3 Å². The standard InChI is InChI=1S/C27H26N4O3/c1-19-7-8-23(16-30-19)34-26-25(6-3-10-29-26)27(32)31-12-13-33-18-20(17-31)14-21-4-2-5-22-15-28-11-9-24(21)22/h2-11,15-16,20H,12-14,17-18H2,1H3/t20-/m1/s1. The molecule has 0 aliphatic carbocycles. The van der Waals surface area contributed by atoms with Gasteiger partial charge in [-0.1, -0.05) is 18.2 Å². The Labute approximate surface area is 198 Å². The van der Waals surface area contributed by atoms with Crippen molar-refractivity contribution in [3.05, 3.63) is 90.1 Å². The van der Waals surface area contributed by atoms with E-state index in [1.807, 2.05) is 42.4 Å². The average Bonchev–Trinajstić information content (AvgIpc) is 3.11. The molecule has 0 saturated carbocycles. The second-order valence-corrected chi connectivity index (χ2v) is 8.50. The second-order valence-electron chi connectivity index (χ2n) is 8.50. The van der Waals surface area contributed by atoms with E-state index in [1.54, 1.807) is 24.5 Å². The highest BCUT2D eigenvalue weighted by Gasteiger charge is 2.26. The van der Waals surface area contributed by atoms with Gasteiger partial charge in [0, 0.05) is 48.7 Å². The topological polar surface area (TPSA) is 77.4 Å². The molecule has 3 aromatic heterocycles. The molecule has 1 aromatic carbocycles. The van der Waals surface area contributed by atoms with Gasteiger partial charge in [0.1, 0.15) is 11.3 Å². The van der Waals surface area contributed by atoms with E-state index in [-0.39, 0.29) is 17.7 Å². The van der Waals surface area contributed by atoms with Crippen LogP contribution in [0, 0.1) is 12.8 Å². The van der Waals surface area contributed by atoms with Gasteiger partial charge < -0.3 is 14.4 Å². The first-order valence-corrected chi connectivity index (χ1v) is 11.4. The summed E-state index contributed by atoms with van der Waals surface area (Å²) in [5.74, 6) is 0.885. The van der Waals surface area contributed by atoms with Gasteiger partial charge in [0.2, 0.25) is 5.88 Å². The zero-order chi connectivity index (χ0) is 23.3. The molecule has 1 aliphatic heterocycles. The molecule has 34 heavy (non-hydrogen) atoms. The van der Waals surface area contributed by atoms with Crippen LogP contribution in [-0.2, 0) is 11.2 Å². The van der Waals surface area contributed by atoms with E-state index in [1.165, 1.54) is 10.9 Å². The largest absolute Gasteiger partial charge is 0.437 e. The van der Waals surface area contributed by atoms with E-state index in [9.17, 15) is 4.79 Å². The molecular weight excluding hydrogens is 428 g/mol. The highest BCUT2D eigenvalue weighted by molar-refractivity contribution is 5.96. The predicted molar refractivity (Wildman–Crippen MR) is 129 cm³/mol. The van der Waals surface area contributed by atoms with Crippen molar-refractivity contribution in [1.82, 2.24) is 19.9 Å². The van der Waals surface area contributed by atoms with Crippen LogP contribution in [-0.4, -0.2) is 52.1 Å². The van der Waals surface area contributed by atoms with Crippen LogP contribution in [0.1, 0.15) is 21.6 Å². The van der Waals surface area contributed by atoms with Crippen molar-refractivity contribution in [1.29, 1.82) is 0 Å². The van der Waals surface area contributed by atoms with Crippen LogP contribution in [0.15, 0.2) is 73.3 Å². The number of hydrogen-bond donors (Lipinski definition) is 0. The lowest BCUT2D eigenvalue weighted by Gasteiger charge is -2.24. The van der Waals surface area contributed by atoms with Gasteiger partial charge in [-0.2, -0.15) is 0 Å². The number of carbonyl (C=O) groups excluding carboxylic acids is 1. The number of hydrogen-bond acceptors (Lipinski definition) is 6. The molecule has 1 saturated heterocycles. The molecule has 1 aliphatic rings. The van der Waals surface area contributed by atoms with E-state index < -0.39 is 0 Å². The molecule has 1 atom stereocenters. The molecule has 172 valence electrons. The number of aromatic nitrogens is 3. The number of aryl methyl sites for hydroxylation is 1. The summed E-state index contributed by atoms with van der Waals surface area (Å²) in [4.78, 5) is 28.2. The highest BCUT2D eigenvalue weighted by Crippen LogP contribution is 2.26. The quantitative estimate of drug-likeness (QED) is 0.443. The molecule has 7 heteroatoms. The molecule has 4 heterocycles. The maximum absolute atomic E-state index is 13.6. The maximum Gasteiger partial charge on any atom is 0.259 e. The molecule has 0 radical (unpaired) electrons. The maximum atomic E-state index is 13.6. The lowest BCUT2D eigenvalue weighted by atomic mass is 9.95. The average molecular weight is 455 g/mol. The third kappa shape index (κ3) is 4.89. The monoisotopic (exact) mass is 454 g/mol. The minimum absolute atomic E-state index is 0.110. The van der Waals surface area contributed by atoms with Crippen molar-refractivity contribution in [3.8, 4) is 11.6 Å². The summed E-state index contributed by atoms with van der Waals surface area (Å²) in [5.41, 5.74) is 2.56. The number of ether oxygens (including phenoxy) is 2. The summed E-state index contributed by atoms with van der Waals surface area (Å²) in [6.45, 7) is 4.14. The smallest absolute Gasteiger partial charge is 0.259 e. The second kappa shape index (κ2) is 9.97. The van der Waals surface area contributed by atoms with Gasteiger partial charge in [-0.25, -0.2) is 4.98 Å². The Morgan fingerprint density at radius 1 is 1.09 bits per heavy atom. The lowest BCUT2D eigenvalue weighted by molar-refractivity contribution is 0.0734. The van der Waals surface area contributed by atoms with E-state index in [0.29, 0.717) is 37.6 Å². The van der Waals surface area contributed by atoms with Gasteiger partial charge in [-0.3, -0.25) is 14.8 Å². The lowest BCUT2D eigenvalue weighted by Crippen LogP contribution is -2.36. The number of carbonyl (C=O) groups is 1. The molecule has 5 rings (SSSR count). The number of benzene rings is 1. The normalized spacial score (nSPS) is 16.3. The van der Waals surface area contributed by atoms with Gasteiger partial charge in [0.25, 0.3) is 5.91 Å². The van der Waals surface area contributed by atoms with E-state index >= 15 is 0 Å². The van der Waals surface area contributed by atoms with Crippen LogP contribution in [0.5, 0.6) is 11.6 Å². The minimum atomic E-state index is -0.110. The number of rotatable bonds is 5. The van der Waals surface area contributed by atoms with Gasteiger partial charge in [-0.15, -0.1) is 0 Å². The van der Waals surface area contributed by atoms with Crippen LogP contribution in [0.4, 0.5) is 0 Å². The fourth-order valence-corrected chi connectivity index (χ4v) is 4.30. The Kier molecular flexibility index (Phi) is 6.44. The van der Waals surface area contributed by atoms with Crippen molar-refractivity contribution in [3.63, 3.8) is 0 Å². The van der Waals surface area contributed by atoms with Crippen LogP contribution < -0.4 is 4.74 Å². The fraction of sp³-hybridized carbons (Fsp3) is 0.259. The number of pyridine rings is 3. The Morgan fingerprint density at radius 3 is 2.91 bits per heavy atom. The summed E-state index contributed by atoms with van der Waals surface area (Å²) >= 11 is 0. The minimum Gasteiger partial charge on any atom is -0.437 e. The molecule has 0 N–H and O–H groups in total. The van der Waals surface area contributed by atoms with Crippen molar-refractivity contribution >= 4 is 16.7 Å². The Balaban J connectivity index is 1.35. The summed E-state index contributed by atoms with van der Waals surface area (Å²) in [5, 5.41) is 2.31. The molecule has 7 nitrogen and oxygen atoms in total. The van der Waals surface area contributed by atoms with Crippen molar-refractivity contribution < 1.29 is 14.3 Å². The third-order valence-electron chi connectivity index (χ3n) is 6.00. The Morgan fingerprint density at radius 2 is 2.03 bits per heavy atom. The molecule has 1 fully saturated rings. The molecule has 0 spiro atoms. The molecule has 4 aromatic rings. The number of amides is 1. The first-order valence-electron chi connectivity index (χ1n) is 11.4. The number of fused-ring (bicyclic) bond motifs is 1. The van der Waals surface area contributed by atoms with E-state index in [4.69, 9.17) is 9.47 Å². The van der Waals surface area contributed by atoms with Crippen LogP contribution in [0.25, 0.3) is 10.8 Å². The summed E-state index contributed by atoms with van der Waals surface area (Å²) in [6.07, 6.45) is 7.77. The number of nitrogens with zero attached hydrogens (tertiary/aromatic N) is 4. The van der Waals surface area contributed by atoms with E-state index in [2.05, 4.69) is 33.2 Å². The van der Waals surface area contributed by atoms with Crippen molar-refractivity contribution in [2.45, 2.75) is 13.3 Å². The Bertz CT molecular complexity index is 1290. The molecule has 1 amide bonds. The molecule has 0 unspecified atom stereocenters. The SMILES string of the molecule is Cc1ccc(Oc2ncccc2C(=O)N2CCOC[C@H](Cc3cccc4cnccc34)C2)cn1. The van der Waals surface area contributed by atoms with Gasteiger partial charge >= 0.3 is 0 Å². The Hall–Kier alpha value is -3.84. The van der Waals surface area contributed by atoms with Crippen molar-refractivity contribution in [2.24, 2.45) is 5.92 Å². The van der Waals surface area contributed by atoms with Crippen LogP contribution >= 0.6 is 0 Å². The summed E-state index contributed by atoms with van der Waals surface area (Å²) in [7, 11) is 0. The van der Waals surface area contributed by atoms with Gasteiger partial charge in [0.15, 0.2) is 0 Å². The highest BCUT2D eigenvalue weighted by atomic mass is 16.5. The van der Waals surface area contributed by atoms with E-state index in [0.717, 1.165) is 17.5 Å². The predicted octanol–water partition coefficient (Wildman–Crippen LogP) is 4.46. The first-order chi connectivity index (χ1) is 16.7. The molecular formula is C27H26N4O3. The van der Waals surface area contributed by atoms with Crippen LogP contribution in [0.3, 0.4) is 0 Å². The van der Waals surface area contributed by atoms with Crippen LogP contribution in [0.2, 0.25) is 0 Å². The zero-order valence-corrected chi connectivity index (χ0v) is 19.1. The van der Waals surface area contributed by atoms with Gasteiger partial charge in [-0.05, 0) is 54.6 Å². The first kappa shape index (κ1) is 22.0. The molecule has 0 bridgehead atoms. The zero-order valence-electron chi connectivity index (χ0n) is 19.1. The third-order valence-corrected chi connectivity index (χ3v) is 6.00. The summed E-state index contributed by atoms with van der Waals surface area (Å²) < 4.78 is 11.8. The summed E-state index contributed by atoms with van der Waals surface area (Å²) in [6, 6.07) is 15.5. The fourth-order valence-electron chi connectivity index (χ4n) is 4.30. The van der Waals surface area contributed by atoms with Gasteiger partial charge in [0.05, 0.1) is 19.4 Å².